The lowest BCUT2D eigenvalue weighted by atomic mass is 10.1. The Labute approximate surface area is 126 Å². The number of anilines is 2. The maximum Gasteiger partial charge on any atom is 0.150 e. The highest BCUT2D eigenvalue weighted by Gasteiger charge is 2.19. The van der Waals surface area contributed by atoms with Crippen molar-refractivity contribution in [3.63, 3.8) is 0 Å². The molecule has 0 saturated carbocycles. The standard InChI is InChI=1S/C15H13F3N2S/c1-2-20(11-5-3-4-10(16)8-11)14-12(17)6-9(15(19)21)7-13(14)18/h3-8H,2H2,1H3,(H2,19,21). The summed E-state index contributed by atoms with van der Waals surface area (Å²) >= 11 is 4.71. The zero-order valence-electron chi connectivity index (χ0n) is 11.2. The van der Waals surface area contributed by atoms with Crippen LogP contribution in [0, 0.1) is 17.5 Å². The van der Waals surface area contributed by atoms with Gasteiger partial charge in [-0.25, -0.2) is 13.2 Å². The smallest absolute Gasteiger partial charge is 0.150 e. The fourth-order valence-corrected chi connectivity index (χ4v) is 2.20. The molecule has 2 aromatic rings. The molecule has 0 aliphatic carbocycles. The monoisotopic (exact) mass is 310 g/mol. The Balaban J connectivity index is 2.55. The van der Waals surface area contributed by atoms with Gasteiger partial charge in [-0.15, -0.1) is 0 Å². The summed E-state index contributed by atoms with van der Waals surface area (Å²) in [5.41, 5.74) is 5.58. The molecule has 0 saturated heterocycles. The molecule has 0 aromatic heterocycles. The summed E-state index contributed by atoms with van der Waals surface area (Å²) in [5.74, 6) is -2.08. The van der Waals surface area contributed by atoms with Gasteiger partial charge in [-0.3, -0.25) is 0 Å². The zero-order valence-corrected chi connectivity index (χ0v) is 12.1. The second kappa shape index (κ2) is 6.13. The number of benzene rings is 2. The third-order valence-corrected chi connectivity index (χ3v) is 3.24. The number of nitrogens with two attached hydrogens (primary N) is 1. The largest absolute Gasteiger partial charge is 0.389 e. The Hall–Kier alpha value is -2.08. The van der Waals surface area contributed by atoms with Crippen LogP contribution in [0.15, 0.2) is 36.4 Å². The summed E-state index contributed by atoms with van der Waals surface area (Å²) in [4.78, 5) is 1.25. The minimum atomic E-state index is -0.802. The third-order valence-electron chi connectivity index (χ3n) is 3.01. The van der Waals surface area contributed by atoms with Gasteiger partial charge in [0, 0.05) is 17.8 Å². The first-order chi connectivity index (χ1) is 9.93. The fraction of sp³-hybridized carbons (Fsp3) is 0.133. The summed E-state index contributed by atoms with van der Waals surface area (Å²) in [6.07, 6.45) is 0. The quantitative estimate of drug-likeness (QED) is 0.869. The molecule has 0 fully saturated rings. The van der Waals surface area contributed by atoms with Crippen molar-refractivity contribution in [1.29, 1.82) is 0 Å². The Kier molecular flexibility index (Phi) is 4.47. The van der Waals surface area contributed by atoms with Crippen LogP contribution in [0.3, 0.4) is 0 Å². The van der Waals surface area contributed by atoms with Crippen molar-refractivity contribution in [2.45, 2.75) is 6.92 Å². The van der Waals surface area contributed by atoms with Gasteiger partial charge in [-0.1, -0.05) is 18.3 Å². The van der Waals surface area contributed by atoms with E-state index >= 15 is 0 Å². The lowest BCUT2D eigenvalue weighted by Gasteiger charge is -2.24. The summed E-state index contributed by atoms with van der Waals surface area (Å²) in [7, 11) is 0. The molecule has 6 heteroatoms. The van der Waals surface area contributed by atoms with Gasteiger partial charge < -0.3 is 10.6 Å². The lowest BCUT2D eigenvalue weighted by Crippen LogP contribution is -2.20. The Bertz CT molecular complexity index is 665. The number of hydrogen-bond donors (Lipinski definition) is 1. The molecule has 2 rings (SSSR count). The Morgan fingerprint density at radius 1 is 1.14 bits per heavy atom. The van der Waals surface area contributed by atoms with Crippen LogP contribution < -0.4 is 10.6 Å². The van der Waals surface area contributed by atoms with Crippen LogP contribution in [0.1, 0.15) is 12.5 Å². The van der Waals surface area contributed by atoms with Gasteiger partial charge in [-0.05, 0) is 37.3 Å². The average molecular weight is 310 g/mol. The molecular formula is C15H13F3N2S. The summed E-state index contributed by atoms with van der Waals surface area (Å²) in [5, 5.41) is 0. The molecule has 0 amide bonds. The molecule has 0 bridgehead atoms. The van der Waals surface area contributed by atoms with E-state index in [4.69, 9.17) is 18.0 Å². The van der Waals surface area contributed by atoms with Gasteiger partial charge in [0.05, 0.1) is 0 Å². The molecule has 2 nitrogen and oxygen atoms in total. The molecule has 2 aromatic carbocycles. The maximum atomic E-state index is 14.2. The fourth-order valence-electron chi connectivity index (χ4n) is 2.08. The molecule has 0 radical (unpaired) electrons. The Morgan fingerprint density at radius 3 is 2.24 bits per heavy atom. The first-order valence-electron chi connectivity index (χ1n) is 6.26. The van der Waals surface area contributed by atoms with Crippen molar-refractivity contribution in [3.05, 3.63) is 59.4 Å². The van der Waals surface area contributed by atoms with Crippen LogP contribution in [0.4, 0.5) is 24.5 Å². The van der Waals surface area contributed by atoms with Crippen molar-refractivity contribution >= 4 is 28.6 Å². The van der Waals surface area contributed by atoms with Crippen LogP contribution in [0.2, 0.25) is 0 Å². The first-order valence-corrected chi connectivity index (χ1v) is 6.66. The van der Waals surface area contributed by atoms with Crippen molar-refractivity contribution in [3.8, 4) is 0 Å². The highest BCUT2D eigenvalue weighted by Crippen LogP contribution is 2.31. The van der Waals surface area contributed by atoms with Crippen molar-refractivity contribution in [2.24, 2.45) is 5.73 Å². The molecule has 2 N–H and O–H groups in total. The molecule has 0 aliphatic rings. The molecule has 0 spiro atoms. The van der Waals surface area contributed by atoms with E-state index in [2.05, 4.69) is 0 Å². The van der Waals surface area contributed by atoms with E-state index < -0.39 is 17.5 Å². The second-order valence-electron chi connectivity index (χ2n) is 4.38. The van der Waals surface area contributed by atoms with Crippen LogP contribution in [0.5, 0.6) is 0 Å². The number of halogens is 3. The topological polar surface area (TPSA) is 29.3 Å². The van der Waals surface area contributed by atoms with E-state index in [9.17, 15) is 13.2 Å². The predicted molar refractivity (Wildman–Crippen MR) is 81.3 cm³/mol. The molecule has 110 valence electrons. The average Bonchev–Trinajstić information content (AvgIpc) is 2.42. The van der Waals surface area contributed by atoms with Gasteiger partial charge in [0.2, 0.25) is 0 Å². The van der Waals surface area contributed by atoms with E-state index in [1.165, 1.54) is 23.1 Å². The summed E-state index contributed by atoms with van der Waals surface area (Å²) in [6.45, 7) is 1.98. The first kappa shape index (κ1) is 15.3. The second-order valence-corrected chi connectivity index (χ2v) is 4.82. The minimum absolute atomic E-state index is 0.0897. The molecule has 21 heavy (non-hydrogen) atoms. The number of hydrogen-bond acceptors (Lipinski definition) is 2. The van der Waals surface area contributed by atoms with Gasteiger partial charge in [0.15, 0.2) is 11.6 Å². The van der Waals surface area contributed by atoms with Crippen molar-refractivity contribution in [2.75, 3.05) is 11.4 Å². The predicted octanol–water partition coefficient (Wildman–Crippen LogP) is 3.90. The number of nitrogens with zero attached hydrogens (tertiary/aromatic N) is 1. The van der Waals surface area contributed by atoms with E-state index in [1.807, 2.05) is 0 Å². The van der Waals surface area contributed by atoms with E-state index in [-0.39, 0.29) is 22.8 Å². The van der Waals surface area contributed by atoms with Gasteiger partial charge in [0.1, 0.15) is 16.5 Å². The van der Waals surface area contributed by atoms with Crippen LogP contribution in [-0.4, -0.2) is 11.5 Å². The van der Waals surface area contributed by atoms with E-state index in [0.717, 1.165) is 12.1 Å². The number of thiocarbonyl (C=S) groups is 1. The van der Waals surface area contributed by atoms with E-state index in [0.29, 0.717) is 5.69 Å². The maximum absolute atomic E-state index is 14.2. The van der Waals surface area contributed by atoms with Gasteiger partial charge in [-0.2, -0.15) is 0 Å². The normalized spacial score (nSPS) is 10.5. The summed E-state index contributed by atoms with van der Waals surface area (Å²) < 4.78 is 41.7. The third kappa shape index (κ3) is 3.16. The van der Waals surface area contributed by atoms with Crippen molar-refractivity contribution in [1.82, 2.24) is 0 Å². The molecule has 0 unspecified atom stereocenters. The zero-order chi connectivity index (χ0) is 15.6. The number of rotatable bonds is 4. The Morgan fingerprint density at radius 2 is 1.76 bits per heavy atom. The molecule has 0 aliphatic heterocycles. The highest BCUT2D eigenvalue weighted by molar-refractivity contribution is 7.80. The summed E-state index contributed by atoms with van der Waals surface area (Å²) in [6, 6.07) is 7.68. The van der Waals surface area contributed by atoms with Crippen molar-refractivity contribution < 1.29 is 13.2 Å². The van der Waals surface area contributed by atoms with Crippen LogP contribution in [0.25, 0.3) is 0 Å². The molecule has 0 atom stereocenters. The van der Waals surface area contributed by atoms with Crippen LogP contribution >= 0.6 is 12.2 Å². The molecular weight excluding hydrogens is 297 g/mol. The molecule has 0 heterocycles. The lowest BCUT2D eigenvalue weighted by molar-refractivity contribution is 0.580. The van der Waals surface area contributed by atoms with Gasteiger partial charge >= 0.3 is 0 Å². The van der Waals surface area contributed by atoms with Gasteiger partial charge in [0.25, 0.3) is 0 Å². The highest BCUT2D eigenvalue weighted by atomic mass is 32.1. The minimum Gasteiger partial charge on any atom is -0.389 e. The van der Waals surface area contributed by atoms with E-state index in [1.54, 1.807) is 13.0 Å². The van der Waals surface area contributed by atoms with Crippen LogP contribution in [-0.2, 0) is 0 Å². The SMILES string of the molecule is CCN(c1cccc(F)c1)c1c(F)cc(C(N)=S)cc1F.